The molecular weight excluding hydrogens is 214 g/mol. The van der Waals surface area contributed by atoms with Gasteiger partial charge in [0, 0.05) is 13.1 Å². The van der Waals surface area contributed by atoms with E-state index in [-0.39, 0.29) is 18.2 Å². The number of nitrogens with zero attached hydrogens (tertiary/aromatic N) is 1. The molecular formula is C10H17NO3S. The highest BCUT2D eigenvalue weighted by Crippen LogP contribution is 2.25. The van der Waals surface area contributed by atoms with E-state index in [1.807, 2.05) is 0 Å². The predicted octanol–water partition coefficient (Wildman–Crippen LogP) is 0.598. The Kier molecular flexibility index (Phi) is 3.23. The number of sulfone groups is 1. The van der Waals surface area contributed by atoms with E-state index in [1.54, 1.807) is 18.7 Å². The van der Waals surface area contributed by atoms with Gasteiger partial charge in [-0.15, -0.1) is 0 Å². The Bertz CT molecular complexity index is 370. The molecule has 5 heteroatoms. The molecule has 1 heterocycles. The molecule has 1 rings (SSSR count). The molecule has 0 unspecified atom stereocenters. The molecule has 1 aliphatic heterocycles. The second-order valence-corrected chi connectivity index (χ2v) is 7.10. The van der Waals surface area contributed by atoms with Crippen LogP contribution >= 0.6 is 0 Å². The first kappa shape index (κ1) is 12.2. The van der Waals surface area contributed by atoms with E-state index in [0.717, 1.165) is 0 Å². The fraction of sp³-hybridized carbons (Fsp3) is 0.700. The number of carbonyl (C=O) groups excluding carboxylic acids is 1. The third-order valence-electron chi connectivity index (χ3n) is 2.94. The Balaban J connectivity index is 2.88. The molecule has 15 heavy (non-hydrogen) atoms. The average molecular weight is 231 g/mol. The third-order valence-corrected chi connectivity index (χ3v) is 5.55. The van der Waals surface area contributed by atoms with Crippen molar-refractivity contribution in [1.29, 1.82) is 0 Å². The minimum Gasteiger partial charge on any atom is -0.338 e. The van der Waals surface area contributed by atoms with Gasteiger partial charge in [-0.3, -0.25) is 4.79 Å². The average Bonchev–Trinajstić information content (AvgIpc) is 2.25. The van der Waals surface area contributed by atoms with Crippen molar-refractivity contribution in [3.8, 4) is 0 Å². The second kappa shape index (κ2) is 3.96. The smallest absolute Gasteiger partial charge is 0.245 e. The van der Waals surface area contributed by atoms with Crippen LogP contribution in [0.15, 0.2) is 12.7 Å². The standard InChI is InChI=1S/C10H17NO3S/c1-4-9(12)11-6-5-10(2,3)15(13,14)8-7-11/h4H,1,5-8H2,2-3H3. The first-order chi connectivity index (χ1) is 6.80. The number of hydrogen-bond acceptors (Lipinski definition) is 3. The van der Waals surface area contributed by atoms with Gasteiger partial charge in [0.2, 0.25) is 5.91 Å². The van der Waals surface area contributed by atoms with E-state index >= 15 is 0 Å². The summed E-state index contributed by atoms with van der Waals surface area (Å²) in [5.41, 5.74) is 0. The van der Waals surface area contributed by atoms with Crippen LogP contribution in [0.1, 0.15) is 20.3 Å². The molecule has 0 aliphatic carbocycles. The number of amides is 1. The highest BCUT2D eigenvalue weighted by atomic mass is 32.2. The summed E-state index contributed by atoms with van der Waals surface area (Å²) in [4.78, 5) is 12.9. The Morgan fingerprint density at radius 1 is 1.40 bits per heavy atom. The number of carbonyl (C=O) groups is 1. The zero-order valence-electron chi connectivity index (χ0n) is 9.19. The molecule has 0 saturated carbocycles. The molecule has 0 radical (unpaired) electrons. The zero-order chi connectivity index (χ0) is 11.7. The van der Waals surface area contributed by atoms with Gasteiger partial charge in [0.15, 0.2) is 9.84 Å². The molecule has 0 aromatic heterocycles. The number of hydrogen-bond donors (Lipinski definition) is 0. The lowest BCUT2D eigenvalue weighted by atomic mass is 10.1. The quantitative estimate of drug-likeness (QED) is 0.621. The number of rotatable bonds is 1. The van der Waals surface area contributed by atoms with E-state index < -0.39 is 14.6 Å². The van der Waals surface area contributed by atoms with Crippen LogP contribution in [-0.4, -0.2) is 42.8 Å². The molecule has 1 saturated heterocycles. The lowest BCUT2D eigenvalue weighted by molar-refractivity contribution is -0.125. The van der Waals surface area contributed by atoms with Crippen LogP contribution in [0.3, 0.4) is 0 Å². The summed E-state index contributed by atoms with van der Waals surface area (Å²) in [6, 6.07) is 0. The van der Waals surface area contributed by atoms with E-state index in [9.17, 15) is 13.2 Å². The maximum atomic E-state index is 11.8. The molecule has 1 aliphatic rings. The molecule has 0 atom stereocenters. The molecule has 4 nitrogen and oxygen atoms in total. The van der Waals surface area contributed by atoms with Crippen LogP contribution in [0.4, 0.5) is 0 Å². The van der Waals surface area contributed by atoms with Gasteiger partial charge in [-0.25, -0.2) is 8.42 Å². The Morgan fingerprint density at radius 2 is 2.00 bits per heavy atom. The minimum atomic E-state index is -3.10. The Labute approximate surface area is 90.9 Å². The zero-order valence-corrected chi connectivity index (χ0v) is 10.0. The van der Waals surface area contributed by atoms with Crippen LogP contribution in [0.2, 0.25) is 0 Å². The minimum absolute atomic E-state index is 0.0412. The fourth-order valence-electron chi connectivity index (χ4n) is 1.53. The van der Waals surface area contributed by atoms with Gasteiger partial charge in [-0.2, -0.15) is 0 Å². The van der Waals surface area contributed by atoms with Crippen LogP contribution in [0.25, 0.3) is 0 Å². The van der Waals surface area contributed by atoms with Crippen molar-refractivity contribution in [3.63, 3.8) is 0 Å². The van der Waals surface area contributed by atoms with E-state index in [0.29, 0.717) is 13.0 Å². The highest BCUT2D eigenvalue weighted by molar-refractivity contribution is 7.92. The summed E-state index contributed by atoms with van der Waals surface area (Å²) >= 11 is 0. The van der Waals surface area contributed by atoms with Crippen molar-refractivity contribution in [3.05, 3.63) is 12.7 Å². The van der Waals surface area contributed by atoms with Gasteiger partial charge in [0.05, 0.1) is 10.5 Å². The molecule has 0 aromatic rings. The van der Waals surface area contributed by atoms with Crippen LogP contribution in [-0.2, 0) is 14.6 Å². The maximum Gasteiger partial charge on any atom is 0.245 e. The molecule has 0 N–H and O–H groups in total. The van der Waals surface area contributed by atoms with Gasteiger partial charge in [-0.1, -0.05) is 6.58 Å². The van der Waals surface area contributed by atoms with Crippen LogP contribution in [0.5, 0.6) is 0 Å². The molecule has 0 aromatic carbocycles. The van der Waals surface area contributed by atoms with Gasteiger partial charge >= 0.3 is 0 Å². The molecule has 0 bridgehead atoms. The van der Waals surface area contributed by atoms with Crippen LogP contribution in [0, 0.1) is 0 Å². The fourth-order valence-corrected chi connectivity index (χ4v) is 2.94. The van der Waals surface area contributed by atoms with Gasteiger partial charge < -0.3 is 4.90 Å². The second-order valence-electron chi connectivity index (χ2n) is 4.36. The highest BCUT2D eigenvalue weighted by Gasteiger charge is 2.37. The van der Waals surface area contributed by atoms with E-state index in [4.69, 9.17) is 0 Å². The Hall–Kier alpha value is -0.840. The summed E-state index contributed by atoms with van der Waals surface area (Å²) in [5.74, 6) is -0.151. The van der Waals surface area contributed by atoms with Crippen molar-refractivity contribution in [2.45, 2.75) is 25.0 Å². The summed E-state index contributed by atoms with van der Waals surface area (Å²) in [7, 11) is -3.10. The normalized spacial score (nSPS) is 24.3. The van der Waals surface area contributed by atoms with Crippen LogP contribution < -0.4 is 0 Å². The predicted molar refractivity (Wildman–Crippen MR) is 59.3 cm³/mol. The maximum absolute atomic E-state index is 11.8. The summed E-state index contributed by atoms with van der Waals surface area (Å²) in [6.45, 7) is 7.58. The molecule has 0 spiro atoms. The molecule has 86 valence electrons. The molecule has 1 fully saturated rings. The van der Waals surface area contributed by atoms with Crippen molar-refractivity contribution in [1.82, 2.24) is 4.90 Å². The van der Waals surface area contributed by atoms with Crippen molar-refractivity contribution >= 4 is 15.7 Å². The first-order valence-electron chi connectivity index (χ1n) is 4.94. The Morgan fingerprint density at radius 3 is 2.53 bits per heavy atom. The van der Waals surface area contributed by atoms with Crippen molar-refractivity contribution < 1.29 is 13.2 Å². The summed E-state index contributed by atoms with van der Waals surface area (Å²) < 4.78 is 22.9. The third kappa shape index (κ3) is 2.40. The van der Waals surface area contributed by atoms with E-state index in [2.05, 4.69) is 6.58 Å². The van der Waals surface area contributed by atoms with Gasteiger partial charge in [-0.05, 0) is 26.3 Å². The first-order valence-corrected chi connectivity index (χ1v) is 6.59. The summed E-state index contributed by atoms with van der Waals surface area (Å²) in [6.07, 6.45) is 1.71. The van der Waals surface area contributed by atoms with Crippen molar-refractivity contribution in [2.24, 2.45) is 0 Å². The topological polar surface area (TPSA) is 54.5 Å². The molecule has 1 amide bonds. The SMILES string of the molecule is C=CC(=O)N1CCC(C)(C)S(=O)(=O)CC1. The van der Waals surface area contributed by atoms with Crippen molar-refractivity contribution in [2.75, 3.05) is 18.8 Å². The lowest BCUT2D eigenvalue weighted by Crippen LogP contribution is -2.33. The largest absolute Gasteiger partial charge is 0.338 e. The van der Waals surface area contributed by atoms with Gasteiger partial charge in [0.25, 0.3) is 0 Å². The lowest BCUT2D eigenvalue weighted by Gasteiger charge is -2.22. The van der Waals surface area contributed by atoms with E-state index in [1.165, 1.54) is 6.08 Å². The monoisotopic (exact) mass is 231 g/mol. The summed E-state index contributed by atoms with van der Waals surface area (Å²) in [5, 5.41) is 0. The van der Waals surface area contributed by atoms with Gasteiger partial charge in [0.1, 0.15) is 0 Å².